The maximum Gasteiger partial charge on any atom is 0.115 e. The van der Waals surface area contributed by atoms with Crippen LogP contribution in [-0.4, -0.2) is 17.7 Å². The molecule has 0 spiro atoms. The molecule has 15 heavy (non-hydrogen) atoms. The number of fused-ring (bicyclic) bond motifs is 4. The van der Waals surface area contributed by atoms with Gasteiger partial charge in [-0.05, 0) is 35.6 Å². The van der Waals surface area contributed by atoms with Crippen LogP contribution in [0.5, 0.6) is 5.75 Å². The number of aromatic hydroxyl groups is 1. The highest BCUT2D eigenvalue weighted by atomic mass is 16.3. The second-order valence-corrected chi connectivity index (χ2v) is 5.24. The molecule has 1 aromatic rings. The molecule has 2 heteroatoms. The maximum absolute atomic E-state index is 9.60. The molecule has 2 aliphatic rings. The van der Waals surface area contributed by atoms with E-state index in [-0.39, 0.29) is 5.41 Å². The first-order valence-electron chi connectivity index (χ1n) is 5.67. The van der Waals surface area contributed by atoms with Gasteiger partial charge in [0.25, 0.3) is 0 Å². The fourth-order valence-corrected chi connectivity index (χ4v) is 3.23. The molecule has 2 N–H and O–H groups in total. The fraction of sp³-hybridized carbons (Fsp3) is 0.538. The third kappa shape index (κ3) is 1.08. The predicted molar refractivity (Wildman–Crippen MR) is 60.1 cm³/mol. The van der Waals surface area contributed by atoms with Gasteiger partial charge in [-0.15, -0.1) is 0 Å². The van der Waals surface area contributed by atoms with Gasteiger partial charge < -0.3 is 10.4 Å². The molecule has 1 aromatic carbocycles. The molecular formula is C13H17NO. The van der Waals surface area contributed by atoms with E-state index in [4.69, 9.17) is 0 Å². The molecule has 0 aromatic heterocycles. The molecule has 2 bridgehead atoms. The normalized spacial score (nSPS) is 37.7. The molecule has 1 fully saturated rings. The minimum Gasteiger partial charge on any atom is -0.508 e. The molecule has 1 heterocycles. The Morgan fingerprint density at radius 1 is 1.47 bits per heavy atom. The van der Waals surface area contributed by atoms with Crippen molar-refractivity contribution in [3.63, 3.8) is 0 Å². The van der Waals surface area contributed by atoms with Crippen molar-refractivity contribution in [3.05, 3.63) is 29.3 Å². The number of phenols is 1. The lowest BCUT2D eigenvalue weighted by molar-refractivity contribution is 0.330. The van der Waals surface area contributed by atoms with E-state index in [0.29, 0.717) is 17.7 Å². The summed E-state index contributed by atoms with van der Waals surface area (Å²) in [5.74, 6) is 1.05. The van der Waals surface area contributed by atoms with Crippen LogP contribution in [-0.2, 0) is 11.8 Å². The number of hydrogen-bond donors (Lipinski definition) is 2. The van der Waals surface area contributed by atoms with Crippen LogP contribution >= 0.6 is 0 Å². The monoisotopic (exact) mass is 203 g/mol. The topological polar surface area (TPSA) is 32.3 Å². The maximum atomic E-state index is 9.60. The predicted octanol–water partition coefficient (Wildman–Crippen LogP) is 1.81. The van der Waals surface area contributed by atoms with E-state index >= 15 is 0 Å². The summed E-state index contributed by atoms with van der Waals surface area (Å²) in [6.45, 7) is 5.66. The highest BCUT2D eigenvalue weighted by Crippen LogP contribution is 2.45. The van der Waals surface area contributed by atoms with E-state index in [9.17, 15) is 5.11 Å². The number of rotatable bonds is 0. The van der Waals surface area contributed by atoms with Crippen molar-refractivity contribution < 1.29 is 5.11 Å². The van der Waals surface area contributed by atoms with Gasteiger partial charge in [0.1, 0.15) is 5.75 Å². The van der Waals surface area contributed by atoms with Crippen molar-refractivity contribution in [2.45, 2.75) is 31.7 Å². The van der Waals surface area contributed by atoms with E-state index in [2.05, 4.69) is 25.2 Å². The minimum absolute atomic E-state index is 0.205. The quantitative estimate of drug-likeness (QED) is 0.674. The summed E-state index contributed by atoms with van der Waals surface area (Å²) < 4.78 is 0. The lowest BCUT2D eigenvalue weighted by Crippen LogP contribution is -2.37. The van der Waals surface area contributed by atoms with Gasteiger partial charge in [0.05, 0.1) is 0 Å². The molecule has 0 unspecified atom stereocenters. The molecule has 80 valence electrons. The van der Waals surface area contributed by atoms with Gasteiger partial charge in [-0.2, -0.15) is 0 Å². The average Bonchev–Trinajstić information content (AvgIpc) is 2.43. The highest BCUT2D eigenvalue weighted by Gasteiger charge is 2.47. The molecule has 1 saturated heterocycles. The average molecular weight is 203 g/mol. The van der Waals surface area contributed by atoms with Gasteiger partial charge in [0.15, 0.2) is 0 Å². The van der Waals surface area contributed by atoms with Crippen LogP contribution in [0, 0.1) is 5.92 Å². The van der Waals surface area contributed by atoms with Gasteiger partial charge in [-0.25, -0.2) is 0 Å². The van der Waals surface area contributed by atoms with E-state index < -0.39 is 0 Å². The van der Waals surface area contributed by atoms with E-state index in [1.54, 1.807) is 6.07 Å². The van der Waals surface area contributed by atoms with Crippen LogP contribution in [0.2, 0.25) is 0 Å². The van der Waals surface area contributed by atoms with Crippen molar-refractivity contribution in [2.24, 2.45) is 5.92 Å². The number of benzene rings is 1. The van der Waals surface area contributed by atoms with Gasteiger partial charge in [-0.3, -0.25) is 0 Å². The fourth-order valence-electron chi connectivity index (χ4n) is 3.23. The molecule has 0 saturated carbocycles. The molecule has 0 amide bonds. The van der Waals surface area contributed by atoms with Gasteiger partial charge >= 0.3 is 0 Å². The van der Waals surface area contributed by atoms with E-state index in [1.165, 1.54) is 11.1 Å². The second kappa shape index (κ2) is 2.76. The molecule has 3 rings (SSSR count). The van der Waals surface area contributed by atoms with Crippen LogP contribution in [0.25, 0.3) is 0 Å². The Morgan fingerprint density at radius 3 is 3.07 bits per heavy atom. The summed E-state index contributed by atoms with van der Waals surface area (Å²) in [6, 6.07) is 6.45. The Hall–Kier alpha value is -1.02. The lowest BCUT2D eigenvalue weighted by atomic mass is 9.66. The third-order valence-corrected chi connectivity index (χ3v) is 4.49. The van der Waals surface area contributed by atoms with Gasteiger partial charge in [-0.1, -0.05) is 19.9 Å². The highest BCUT2D eigenvalue weighted by molar-refractivity contribution is 5.45. The molecule has 3 atom stereocenters. The van der Waals surface area contributed by atoms with Gasteiger partial charge in [0, 0.05) is 18.0 Å². The van der Waals surface area contributed by atoms with E-state index in [1.807, 2.05) is 6.07 Å². The Labute approximate surface area is 90.3 Å². The summed E-state index contributed by atoms with van der Waals surface area (Å²) in [5, 5.41) is 13.2. The third-order valence-electron chi connectivity index (χ3n) is 4.49. The minimum atomic E-state index is 0.205. The Morgan fingerprint density at radius 2 is 2.27 bits per heavy atom. The zero-order valence-electron chi connectivity index (χ0n) is 9.25. The van der Waals surface area contributed by atoms with Crippen LogP contribution in [0.4, 0.5) is 0 Å². The number of nitrogens with one attached hydrogen (secondary N) is 1. The summed E-state index contributed by atoms with van der Waals surface area (Å²) in [7, 11) is 0. The SMILES string of the molecule is C[C@H]1[C@H]2Cc3ccc(O)cc3[C@@]1(C)CN2. The zero-order valence-corrected chi connectivity index (χ0v) is 9.25. The molecule has 1 aliphatic heterocycles. The molecule has 2 nitrogen and oxygen atoms in total. The van der Waals surface area contributed by atoms with Crippen molar-refractivity contribution >= 4 is 0 Å². The van der Waals surface area contributed by atoms with E-state index in [0.717, 1.165) is 13.0 Å². The molecule has 0 radical (unpaired) electrons. The van der Waals surface area contributed by atoms with Crippen LogP contribution < -0.4 is 5.32 Å². The van der Waals surface area contributed by atoms with Crippen molar-refractivity contribution in [1.29, 1.82) is 0 Å². The summed E-state index contributed by atoms with van der Waals surface area (Å²) in [4.78, 5) is 0. The smallest absolute Gasteiger partial charge is 0.115 e. The Bertz CT molecular complexity index is 415. The largest absolute Gasteiger partial charge is 0.508 e. The first-order valence-corrected chi connectivity index (χ1v) is 5.67. The van der Waals surface area contributed by atoms with Gasteiger partial charge in [0.2, 0.25) is 0 Å². The lowest BCUT2D eigenvalue weighted by Gasteiger charge is -2.37. The second-order valence-electron chi connectivity index (χ2n) is 5.24. The zero-order chi connectivity index (χ0) is 10.6. The summed E-state index contributed by atoms with van der Waals surface area (Å²) in [6.07, 6.45) is 1.10. The number of phenolic OH excluding ortho intramolecular Hbond substituents is 1. The van der Waals surface area contributed by atoms with Crippen LogP contribution in [0.3, 0.4) is 0 Å². The van der Waals surface area contributed by atoms with Crippen molar-refractivity contribution in [3.8, 4) is 5.75 Å². The summed E-state index contributed by atoms with van der Waals surface area (Å²) in [5.41, 5.74) is 2.96. The number of hydrogen-bond acceptors (Lipinski definition) is 2. The van der Waals surface area contributed by atoms with Crippen molar-refractivity contribution in [2.75, 3.05) is 6.54 Å². The first kappa shape index (κ1) is 9.22. The Kier molecular flexibility index (Phi) is 1.70. The first-order chi connectivity index (χ1) is 7.11. The van der Waals surface area contributed by atoms with Crippen LogP contribution in [0.1, 0.15) is 25.0 Å². The Balaban J connectivity index is 2.21. The molecule has 1 aliphatic carbocycles. The standard InChI is InChI=1S/C13H17NO/c1-8-12-5-9-3-4-10(15)6-11(9)13(8,2)7-14-12/h3-4,6,8,12,14-15H,5,7H2,1-2H3/t8-,12+,13-/m0/s1. The summed E-state index contributed by atoms with van der Waals surface area (Å²) >= 11 is 0. The van der Waals surface area contributed by atoms with Crippen LogP contribution in [0.15, 0.2) is 18.2 Å². The molecular weight excluding hydrogens is 186 g/mol. The van der Waals surface area contributed by atoms with Crippen molar-refractivity contribution in [1.82, 2.24) is 5.32 Å².